The molecule has 1 aliphatic heterocycles. The molecule has 1 rings (SSSR count). The van der Waals surface area contributed by atoms with Crippen LogP contribution in [0, 0.1) is 0 Å². The molecule has 0 aliphatic carbocycles. The van der Waals surface area contributed by atoms with Crippen LogP contribution in [0.15, 0.2) is 0 Å². The molecule has 0 bridgehead atoms. The van der Waals surface area contributed by atoms with Gasteiger partial charge in [0.1, 0.15) is 0 Å². The topological polar surface area (TPSA) is 12.0 Å². The predicted octanol–water partition coefficient (Wildman–Crippen LogP) is 2.24. The Balaban J connectivity index is -0.000000120. The van der Waals surface area contributed by atoms with Crippen molar-refractivity contribution < 1.29 is 0 Å². The lowest BCUT2D eigenvalue weighted by atomic mass is 10.2. The minimum absolute atomic E-state index is 0. The van der Waals surface area contributed by atoms with Gasteiger partial charge >= 0.3 is 0 Å². The molecule has 0 saturated carbocycles. The lowest BCUT2D eigenvalue weighted by molar-refractivity contribution is 0.520. The third-order valence-electron chi connectivity index (χ3n) is 1.21. The van der Waals surface area contributed by atoms with E-state index in [1.54, 1.807) is 0 Å². The quantitative estimate of drug-likeness (QED) is 0.593. The van der Waals surface area contributed by atoms with Gasteiger partial charge in [-0.15, -0.1) is 24.8 Å². The van der Waals surface area contributed by atoms with E-state index in [1.807, 2.05) is 0 Å². The summed E-state index contributed by atoms with van der Waals surface area (Å²) in [7, 11) is 0. The molecule has 9 heavy (non-hydrogen) atoms. The molecule has 0 aromatic carbocycles. The summed E-state index contributed by atoms with van der Waals surface area (Å²) in [5.41, 5.74) is 0. The summed E-state index contributed by atoms with van der Waals surface area (Å²) in [6.07, 6.45) is 4.22. The van der Waals surface area contributed by atoms with Crippen LogP contribution in [0.2, 0.25) is 0 Å². The van der Waals surface area contributed by atoms with Crippen molar-refractivity contribution in [3.63, 3.8) is 0 Å². The van der Waals surface area contributed by atoms with Crippen molar-refractivity contribution >= 4 is 24.8 Å². The fraction of sp³-hybridized carbons (Fsp3) is 1.00. The van der Waals surface area contributed by atoms with Crippen LogP contribution in [0.5, 0.6) is 0 Å². The Morgan fingerprint density at radius 1 is 0.778 bits per heavy atom. The Labute approximate surface area is 70.4 Å². The van der Waals surface area contributed by atoms with Crippen LogP contribution in [-0.4, -0.2) is 13.1 Å². The van der Waals surface area contributed by atoms with Gasteiger partial charge in [0, 0.05) is 0 Å². The highest BCUT2D eigenvalue weighted by molar-refractivity contribution is 5.85. The van der Waals surface area contributed by atoms with Crippen molar-refractivity contribution in [3.05, 3.63) is 0 Å². The van der Waals surface area contributed by atoms with E-state index in [9.17, 15) is 0 Å². The molecule has 0 amide bonds. The molecule has 1 saturated heterocycles. The summed E-state index contributed by atoms with van der Waals surface area (Å²) < 4.78 is 0. The number of halogens is 2. The van der Waals surface area contributed by atoms with Gasteiger partial charge in [-0.1, -0.05) is 13.8 Å². The van der Waals surface area contributed by atoms with E-state index < -0.39 is 0 Å². The van der Waals surface area contributed by atoms with Gasteiger partial charge in [-0.2, -0.15) is 0 Å². The summed E-state index contributed by atoms with van der Waals surface area (Å²) in [5, 5.41) is 3.28. The molecule has 1 heterocycles. The summed E-state index contributed by atoms with van der Waals surface area (Å²) in [4.78, 5) is 0. The van der Waals surface area contributed by atoms with Crippen molar-refractivity contribution in [2.45, 2.75) is 26.7 Å². The van der Waals surface area contributed by atoms with Gasteiger partial charge in [0.05, 0.1) is 0 Å². The molecule has 0 aromatic heterocycles. The Hall–Kier alpha value is 0.540. The Kier molecular flexibility index (Phi) is 20.5. The third-order valence-corrected chi connectivity index (χ3v) is 1.21. The zero-order chi connectivity index (χ0) is 4.24. The monoisotopic (exact) mass is 173 g/mol. The van der Waals surface area contributed by atoms with Crippen LogP contribution in [-0.2, 0) is 0 Å². The minimum atomic E-state index is 0. The molecule has 1 fully saturated rings. The molecule has 1 N–H and O–H groups in total. The number of rotatable bonds is 0. The lowest BCUT2D eigenvalue weighted by Crippen LogP contribution is -2.21. The van der Waals surface area contributed by atoms with Crippen molar-refractivity contribution in [3.8, 4) is 0 Å². The number of piperidine rings is 1. The number of nitrogens with one attached hydrogen (secondary N) is 1. The van der Waals surface area contributed by atoms with Crippen LogP contribution in [0.4, 0.5) is 0 Å². The summed E-state index contributed by atoms with van der Waals surface area (Å²) in [6, 6.07) is 0. The van der Waals surface area contributed by atoms with Crippen LogP contribution in [0.1, 0.15) is 26.7 Å². The van der Waals surface area contributed by atoms with Gasteiger partial charge in [-0.05, 0) is 25.9 Å². The first kappa shape index (κ1) is 16.3. The maximum absolute atomic E-state index is 3.28. The number of hydrogen-bond donors (Lipinski definition) is 1. The fourth-order valence-corrected chi connectivity index (χ4v) is 0.802. The average Bonchev–Trinajstić information content (AvgIpc) is 1.72. The van der Waals surface area contributed by atoms with Gasteiger partial charge in [0.25, 0.3) is 0 Å². The van der Waals surface area contributed by atoms with E-state index in [1.165, 1.54) is 32.4 Å². The Bertz CT molecular complexity index is 26.5. The van der Waals surface area contributed by atoms with Crippen LogP contribution < -0.4 is 5.32 Å². The van der Waals surface area contributed by atoms with Gasteiger partial charge in [0.15, 0.2) is 0 Å². The highest BCUT2D eigenvalue weighted by Crippen LogP contribution is 1.96. The van der Waals surface area contributed by atoms with Gasteiger partial charge < -0.3 is 5.32 Å². The normalized spacial score (nSPS) is 16.0. The highest BCUT2D eigenvalue weighted by Gasteiger charge is 1.93. The second-order valence-corrected chi connectivity index (χ2v) is 1.81. The Morgan fingerprint density at radius 3 is 1.33 bits per heavy atom. The second kappa shape index (κ2) is 11.4. The molecule has 1 nitrogen and oxygen atoms in total. The lowest BCUT2D eigenvalue weighted by Gasteiger charge is -2.08. The van der Waals surface area contributed by atoms with E-state index >= 15 is 0 Å². The first-order chi connectivity index (χ1) is 3.00. The fourth-order valence-electron chi connectivity index (χ4n) is 0.802. The maximum atomic E-state index is 3.28. The summed E-state index contributed by atoms with van der Waals surface area (Å²) in [6.45, 7) is 2.50. The molecule has 0 atom stereocenters. The number of hydrogen-bond acceptors (Lipinski definition) is 1. The third kappa shape index (κ3) is 8.54. The maximum Gasteiger partial charge on any atom is -0.00489 e. The smallest absolute Gasteiger partial charge is 0.00489 e. The zero-order valence-corrected chi connectivity index (χ0v) is 6.49. The van der Waals surface area contributed by atoms with Crippen LogP contribution >= 0.6 is 24.8 Å². The molecule has 3 heteroatoms. The largest absolute Gasteiger partial charge is 0.317 e. The standard InChI is InChI=1S/C5H11N.CH4.2ClH/c1-2-4-6-5-3-1;;;/h6H,1-5H2;1H4;2*1H. The first-order valence-electron chi connectivity index (χ1n) is 2.71. The highest BCUT2D eigenvalue weighted by atomic mass is 35.5. The molecule has 0 aromatic rings. The molecule has 60 valence electrons. The zero-order valence-electron chi connectivity index (χ0n) is 4.85. The van der Waals surface area contributed by atoms with Gasteiger partial charge in [-0.3, -0.25) is 0 Å². The average molecular weight is 174 g/mol. The van der Waals surface area contributed by atoms with Crippen molar-refractivity contribution in [1.29, 1.82) is 0 Å². The van der Waals surface area contributed by atoms with Crippen molar-refractivity contribution in [2.75, 3.05) is 13.1 Å². The molecular formula is C6H17Cl2N. The Morgan fingerprint density at radius 2 is 1.22 bits per heavy atom. The predicted molar refractivity (Wildman–Crippen MR) is 47.9 cm³/mol. The van der Waals surface area contributed by atoms with E-state index in [-0.39, 0.29) is 32.2 Å². The van der Waals surface area contributed by atoms with E-state index in [2.05, 4.69) is 5.32 Å². The molecule has 1 aliphatic rings. The van der Waals surface area contributed by atoms with Crippen LogP contribution in [0.25, 0.3) is 0 Å². The van der Waals surface area contributed by atoms with Crippen LogP contribution in [0.3, 0.4) is 0 Å². The first-order valence-corrected chi connectivity index (χ1v) is 2.71. The van der Waals surface area contributed by atoms with Gasteiger partial charge in [-0.25, -0.2) is 0 Å². The second-order valence-electron chi connectivity index (χ2n) is 1.81. The van der Waals surface area contributed by atoms with Gasteiger partial charge in [0.2, 0.25) is 0 Å². The van der Waals surface area contributed by atoms with E-state index in [0.717, 1.165) is 0 Å². The van der Waals surface area contributed by atoms with E-state index in [4.69, 9.17) is 0 Å². The molecular weight excluding hydrogens is 157 g/mol. The van der Waals surface area contributed by atoms with Crippen molar-refractivity contribution in [1.82, 2.24) is 5.32 Å². The molecule has 0 radical (unpaired) electrons. The summed E-state index contributed by atoms with van der Waals surface area (Å²) in [5.74, 6) is 0. The van der Waals surface area contributed by atoms with E-state index in [0.29, 0.717) is 0 Å². The van der Waals surface area contributed by atoms with Crippen molar-refractivity contribution in [2.24, 2.45) is 0 Å². The minimum Gasteiger partial charge on any atom is -0.317 e. The molecule has 0 spiro atoms. The summed E-state index contributed by atoms with van der Waals surface area (Å²) >= 11 is 0. The SMILES string of the molecule is C.C1CCNCC1.Cl.Cl. The molecule has 0 unspecified atom stereocenters.